The van der Waals surface area contributed by atoms with Gasteiger partial charge in [0.25, 0.3) is 5.91 Å². The van der Waals surface area contributed by atoms with E-state index in [1.54, 1.807) is 12.3 Å². The Labute approximate surface area is 86.1 Å². The Morgan fingerprint density at radius 2 is 2.47 bits per heavy atom. The van der Waals surface area contributed by atoms with E-state index >= 15 is 0 Å². The lowest BCUT2D eigenvalue weighted by atomic mass is 10.2. The summed E-state index contributed by atoms with van der Waals surface area (Å²) in [5.41, 5.74) is 6.16. The van der Waals surface area contributed by atoms with E-state index in [1.807, 2.05) is 17.8 Å². The third-order valence-corrected chi connectivity index (χ3v) is 2.15. The molecule has 78 valence electrons. The van der Waals surface area contributed by atoms with Crippen LogP contribution in [-0.4, -0.2) is 25.7 Å². The van der Waals surface area contributed by atoms with Crippen molar-refractivity contribution in [2.45, 2.75) is 6.42 Å². The van der Waals surface area contributed by atoms with Gasteiger partial charge < -0.3 is 10.3 Å². The zero-order valence-corrected chi connectivity index (χ0v) is 8.27. The summed E-state index contributed by atoms with van der Waals surface area (Å²) in [4.78, 5) is 15.0. The average Bonchev–Trinajstić information content (AvgIpc) is 2.77. The number of aromatic amines is 1. The Bertz CT molecular complexity index is 484. The molecule has 6 nitrogen and oxygen atoms in total. The molecule has 15 heavy (non-hydrogen) atoms. The van der Waals surface area contributed by atoms with Gasteiger partial charge in [0, 0.05) is 31.6 Å². The first-order chi connectivity index (χ1) is 7.16. The zero-order valence-electron chi connectivity index (χ0n) is 8.27. The number of carbonyl (C=O) groups excluding carboxylic acids is 1. The molecular formula is C9H11N5O. The van der Waals surface area contributed by atoms with E-state index < -0.39 is 5.91 Å². The molecule has 0 aliphatic carbocycles. The number of nitrogens with zero attached hydrogens (tertiary/aromatic N) is 3. The maximum atomic E-state index is 10.8. The molecule has 2 heterocycles. The van der Waals surface area contributed by atoms with Crippen LogP contribution in [0.15, 0.2) is 18.5 Å². The average molecular weight is 205 g/mol. The van der Waals surface area contributed by atoms with Gasteiger partial charge >= 0.3 is 0 Å². The van der Waals surface area contributed by atoms with Crippen molar-refractivity contribution in [2.75, 3.05) is 0 Å². The molecule has 0 atom stereocenters. The minimum atomic E-state index is -0.530. The van der Waals surface area contributed by atoms with E-state index in [-0.39, 0.29) is 5.69 Å². The number of aryl methyl sites for hydroxylation is 1. The number of nitrogens with two attached hydrogens (primary N) is 1. The number of primary amides is 1. The summed E-state index contributed by atoms with van der Waals surface area (Å²) in [5, 5.41) is 6.54. The third kappa shape index (κ3) is 1.88. The van der Waals surface area contributed by atoms with Gasteiger partial charge in [0.1, 0.15) is 11.5 Å². The van der Waals surface area contributed by atoms with Crippen LogP contribution in [0, 0.1) is 0 Å². The van der Waals surface area contributed by atoms with Gasteiger partial charge in [-0.15, -0.1) is 0 Å². The lowest BCUT2D eigenvalue weighted by Gasteiger charge is -1.97. The summed E-state index contributed by atoms with van der Waals surface area (Å²) < 4.78 is 1.91. The summed E-state index contributed by atoms with van der Waals surface area (Å²) in [6.45, 7) is 0. The molecule has 1 amide bonds. The first-order valence-electron chi connectivity index (χ1n) is 4.47. The molecular weight excluding hydrogens is 194 g/mol. The van der Waals surface area contributed by atoms with Crippen LogP contribution in [0.5, 0.6) is 0 Å². The molecule has 0 radical (unpaired) electrons. The summed E-state index contributed by atoms with van der Waals surface area (Å²) in [5.74, 6) is 0.368. The maximum absolute atomic E-state index is 10.8. The van der Waals surface area contributed by atoms with E-state index in [0.717, 1.165) is 11.5 Å². The molecule has 2 aromatic rings. The smallest absolute Gasteiger partial charge is 0.269 e. The zero-order chi connectivity index (χ0) is 10.8. The SMILES string of the molecule is Cn1ccnc1Cc1cc(C(N)=O)n[nH]1. The first kappa shape index (κ1) is 9.45. The highest BCUT2D eigenvalue weighted by Crippen LogP contribution is 2.05. The molecule has 3 N–H and O–H groups in total. The summed E-state index contributed by atoms with van der Waals surface area (Å²) in [7, 11) is 1.91. The second kappa shape index (κ2) is 3.56. The van der Waals surface area contributed by atoms with Crippen LogP contribution < -0.4 is 5.73 Å². The van der Waals surface area contributed by atoms with Crippen LogP contribution in [0.2, 0.25) is 0 Å². The normalized spacial score (nSPS) is 10.5. The minimum absolute atomic E-state index is 0.249. The van der Waals surface area contributed by atoms with Crippen LogP contribution >= 0.6 is 0 Å². The molecule has 0 saturated heterocycles. The van der Waals surface area contributed by atoms with Crippen molar-refractivity contribution >= 4 is 5.91 Å². The summed E-state index contributed by atoms with van der Waals surface area (Å²) >= 11 is 0. The Kier molecular flexibility index (Phi) is 2.24. The van der Waals surface area contributed by atoms with Gasteiger partial charge in [0.15, 0.2) is 0 Å². The Morgan fingerprint density at radius 1 is 1.67 bits per heavy atom. The number of hydrogen-bond acceptors (Lipinski definition) is 3. The summed E-state index contributed by atoms with van der Waals surface area (Å²) in [6.07, 6.45) is 4.19. The number of carbonyl (C=O) groups is 1. The highest BCUT2D eigenvalue weighted by atomic mass is 16.1. The fraction of sp³-hybridized carbons (Fsp3) is 0.222. The number of hydrogen-bond donors (Lipinski definition) is 2. The predicted molar refractivity (Wildman–Crippen MR) is 53.1 cm³/mol. The van der Waals surface area contributed by atoms with Crippen molar-refractivity contribution in [3.63, 3.8) is 0 Å². The fourth-order valence-electron chi connectivity index (χ4n) is 1.32. The minimum Gasteiger partial charge on any atom is -0.364 e. The lowest BCUT2D eigenvalue weighted by molar-refractivity contribution is 0.0995. The van der Waals surface area contributed by atoms with E-state index in [4.69, 9.17) is 5.73 Å². The molecule has 0 aromatic carbocycles. The largest absolute Gasteiger partial charge is 0.364 e. The van der Waals surface area contributed by atoms with Crippen LogP contribution in [0.1, 0.15) is 22.0 Å². The highest BCUT2D eigenvalue weighted by Gasteiger charge is 2.08. The van der Waals surface area contributed by atoms with Gasteiger partial charge in [0.2, 0.25) is 0 Å². The molecule has 0 bridgehead atoms. The van der Waals surface area contributed by atoms with Crippen LogP contribution in [0.4, 0.5) is 0 Å². The van der Waals surface area contributed by atoms with Gasteiger partial charge in [-0.3, -0.25) is 9.89 Å². The number of imidazole rings is 1. The monoisotopic (exact) mass is 205 g/mol. The standard InChI is InChI=1S/C9H11N5O/c1-14-3-2-11-8(14)5-6-4-7(9(10)15)13-12-6/h2-4H,5H2,1H3,(H2,10,15)(H,12,13). The van der Waals surface area contributed by atoms with Gasteiger partial charge in [-0.05, 0) is 6.07 Å². The van der Waals surface area contributed by atoms with Gasteiger partial charge in [-0.1, -0.05) is 0 Å². The number of nitrogens with one attached hydrogen (secondary N) is 1. The Balaban J connectivity index is 2.18. The fourth-order valence-corrected chi connectivity index (χ4v) is 1.32. The number of aromatic nitrogens is 4. The molecule has 0 saturated carbocycles. The van der Waals surface area contributed by atoms with Crippen LogP contribution in [-0.2, 0) is 13.5 Å². The lowest BCUT2D eigenvalue weighted by Crippen LogP contribution is -2.11. The molecule has 2 rings (SSSR count). The van der Waals surface area contributed by atoms with E-state index in [2.05, 4.69) is 15.2 Å². The first-order valence-corrected chi connectivity index (χ1v) is 4.47. The number of H-pyrrole nitrogens is 1. The Morgan fingerprint density at radius 3 is 3.00 bits per heavy atom. The molecule has 0 aliphatic heterocycles. The van der Waals surface area contributed by atoms with E-state index in [9.17, 15) is 4.79 Å². The molecule has 2 aromatic heterocycles. The van der Waals surface area contributed by atoms with Crippen molar-refractivity contribution in [3.8, 4) is 0 Å². The second-order valence-corrected chi connectivity index (χ2v) is 3.27. The highest BCUT2D eigenvalue weighted by molar-refractivity contribution is 5.90. The topological polar surface area (TPSA) is 89.6 Å². The second-order valence-electron chi connectivity index (χ2n) is 3.27. The van der Waals surface area contributed by atoms with Gasteiger partial charge in [-0.2, -0.15) is 5.10 Å². The van der Waals surface area contributed by atoms with Crippen molar-refractivity contribution in [1.29, 1.82) is 0 Å². The molecule has 0 unspecified atom stereocenters. The Hall–Kier alpha value is -2.11. The number of amides is 1. The van der Waals surface area contributed by atoms with Crippen LogP contribution in [0.3, 0.4) is 0 Å². The van der Waals surface area contributed by atoms with Crippen LogP contribution in [0.25, 0.3) is 0 Å². The van der Waals surface area contributed by atoms with Gasteiger partial charge in [0.05, 0.1) is 0 Å². The van der Waals surface area contributed by atoms with Crippen molar-refractivity contribution in [3.05, 3.63) is 35.7 Å². The summed E-state index contributed by atoms with van der Waals surface area (Å²) in [6, 6.07) is 1.64. The molecule has 6 heteroatoms. The number of rotatable bonds is 3. The quantitative estimate of drug-likeness (QED) is 0.729. The van der Waals surface area contributed by atoms with Crippen molar-refractivity contribution in [1.82, 2.24) is 19.7 Å². The molecule has 0 fully saturated rings. The van der Waals surface area contributed by atoms with Crippen molar-refractivity contribution in [2.24, 2.45) is 12.8 Å². The van der Waals surface area contributed by atoms with E-state index in [0.29, 0.717) is 6.42 Å². The molecule has 0 spiro atoms. The maximum Gasteiger partial charge on any atom is 0.269 e. The van der Waals surface area contributed by atoms with Crippen molar-refractivity contribution < 1.29 is 4.79 Å². The third-order valence-electron chi connectivity index (χ3n) is 2.15. The van der Waals surface area contributed by atoms with E-state index in [1.165, 1.54) is 0 Å². The predicted octanol–water partition coefficient (Wildman–Crippen LogP) is -0.167. The molecule has 0 aliphatic rings. The van der Waals surface area contributed by atoms with Gasteiger partial charge in [-0.25, -0.2) is 4.98 Å².